The third-order valence-corrected chi connectivity index (χ3v) is 4.99. The van der Waals surface area contributed by atoms with Gasteiger partial charge in [0.2, 0.25) is 5.16 Å². The van der Waals surface area contributed by atoms with Gasteiger partial charge in [-0.05, 0) is 25.1 Å². The summed E-state index contributed by atoms with van der Waals surface area (Å²) in [5.41, 5.74) is 1.73. The molecule has 0 atom stereocenters. The highest BCUT2D eigenvalue weighted by Crippen LogP contribution is 2.26. The predicted molar refractivity (Wildman–Crippen MR) is 98.6 cm³/mol. The van der Waals surface area contributed by atoms with Crippen LogP contribution in [0.2, 0.25) is 5.02 Å². The zero-order valence-corrected chi connectivity index (χ0v) is 15.2. The van der Waals surface area contributed by atoms with E-state index in [0.717, 1.165) is 5.56 Å². The van der Waals surface area contributed by atoms with Gasteiger partial charge in [0.15, 0.2) is 5.82 Å². The lowest BCUT2D eigenvalue weighted by Crippen LogP contribution is -2.15. The summed E-state index contributed by atoms with van der Waals surface area (Å²) in [6.45, 7) is 1.83. The maximum absolute atomic E-state index is 12.2. The van der Waals surface area contributed by atoms with Gasteiger partial charge in [-0.1, -0.05) is 23.4 Å². The molecular formula is C16H13ClN6O2S. The van der Waals surface area contributed by atoms with Crippen LogP contribution in [0.4, 0.5) is 0 Å². The molecule has 0 unspecified atom stereocenters. The van der Waals surface area contributed by atoms with Crippen molar-refractivity contribution in [3.63, 3.8) is 0 Å². The van der Waals surface area contributed by atoms with Crippen LogP contribution in [0.3, 0.4) is 0 Å². The fraction of sp³-hybridized carbons (Fsp3) is 0.125. The van der Waals surface area contributed by atoms with E-state index in [-0.39, 0.29) is 5.56 Å². The van der Waals surface area contributed by atoms with E-state index in [1.807, 2.05) is 6.92 Å². The molecule has 0 saturated carbocycles. The minimum Gasteiger partial charge on any atom is -0.469 e. The Balaban J connectivity index is 1.59. The highest BCUT2D eigenvalue weighted by Gasteiger charge is 2.16. The number of rotatable bonds is 4. The summed E-state index contributed by atoms with van der Waals surface area (Å²) in [4.78, 5) is 16.7. The van der Waals surface area contributed by atoms with Crippen LogP contribution in [0.15, 0.2) is 51.1 Å². The van der Waals surface area contributed by atoms with Gasteiger partial charge in [-0.25, -0.2) is 9.66 Å². The highest BCUT2D eigenvalue weighted by atomic mass is 35.5. The molecule has 0 bridgehead atoms. The van der Waals surface area contributed by atoms with Crippen LogP contribution >= 0.6 is 23.4 Å². The summed E-state index contributed by atoms with van der Waals surface area (Å²) in [5.74, 6) is 7.74. The SMILES string of the molecule is Cc1occc1-c1nnc(SCc2cc(=O)n3cc(Cl)ccc3n2)n1N. The van der Waals surface area contributed by atoms with Crippen LogP contribution in [-0.2, 0) is 5.75 Å². The summed E-state index contributed by atoms with van der Waals surface area (Å²) in [5, 5.41) is 9.21. The average molecular weight is 389 g/mol. The van der Waals surface area contributed by atoms with Crippen LogP contribution in [0.5, 0.6) is 0 Å². The van der Waals surface area contributed by atoms with Crippen LogP contribution in [0.25, 0.3) is 17.0 Å². The molecule has 4 heterocycles. The van der Waals surface area contributed by atoms with E-state index in [2.05, 4.69) is 15.2 Å². The number of fused-ring (bicyclic) bond motifs is 1. The van der Waals surface area contributed by atoms with Crippen LogP contribution < -0.4 is 11.4 Å². The first-order chi connectivity index (χ1) is 12.5. The van der Waals surface area contributed by atoms with Crippen molar-refractivity contribution in [1.29, 1.82) is 0 Å². The van der Waals surface area contributed by atoms with Gasteiger partial charge in [0.1, 0.15) is 11.4 Å². The second-order valence-electron chi connectivity index (χ2n) is 5.52. The maximum Gasteiger partial charge on any atom is 0.258 e. The smallest absolute Gasteiger partial charge is 0.258 e. The predicted octanol–water partition coefficient (Wildman–Crippen LogP) is 2.51. The van der Waals surface area contributed by atoms with Gasteiger partial charge >= 0.3 is 0 Å². The summed E-state index contributed by atoms with van der Waals surface area (Å²) in [6.07, 6.45) is 3.12. The highest BCUT2D eigenvalue weighted by molar-refractivity contribution is 7.98. The van der Waals surface area contributed by atoms with E-state index in [9.17, 15) is 4.79 Å². The zero-order chi connectivity index (χ0) is 18.3. The van der Waals surface area contributed by atoms with Crippen LogP contribution in [0.1, 0.15) is 11.5 Å². The molecule has 8 nitrogen and oxygen atoms in total. The number of pyridine rings is 1. The molecule has 0 spiro atoms. The molecule has 132 valence electrons. The van der Waals surface area contributed by atoms with E-state index in [0.29, 0.717) is 38.9 Å². The van der Waals surface area contributed by atoms with Gasteiger partial charge < -0.3 is 10.3 Å². The Morgan fingerprint density at radius 1 is 1.31 bits per heavy atom. The van der Waals surface area contributed by atoms with E-state index < -0.39 is 0 Å². The van der Waals surface area contributed by atoms with Gasteiger partial charge in [0.05, 0.1) is 22.5 Å². The minimum absolute atomic E-state index is 0.197. The van der Waals surface area contributed by atoms with Crippen molar-refractivity contribution in [3.8, 4) is 11.4 Å². The Labute approximate surface area is 156 Å². The molecule has 4 aromatic heterocycles. The quantitative estimate of drug-likeness (QED) is 0.423. The third kappa shape index (κ3) is 2.95. The Kier molecular flexibility index (Phi) is 4.17. The van der Waals surface area contributed by atoms with Gasteiger partial charge in [0, 0.05) is 18.0 Å². The number of aryl methyl sites for hydroxylation is 1. The molecule has 0 saturated heterocycles. The Hall–Kier alpha value is -2.78. The lowest BCUT2D eigenvalue weighted by Gasteiger charge is -2.05. The fourth-order valence-electron chi connectivity index (χ4n) is 2.51. The van der Waals surface area contributed by atoms with E-state index in [1.165, 1.54) is 26.9 Å². The Bertz CT molecular complexity index is 1170. The van der Waals surface area contributed by atoms with Crippen molar-refractivity contribution in [3.05, 3.63) is 63.6 Å². The number of hydrogen-bond acceptors (Lipinski definition) is 7. The zero-order valence-electron chi connectivity index (χ0n) is 13.6. The number of aromatic nitrogens is 5. The monoisotopic (exact) mass is 388 g/mol. The van der Waals surface area contributed by atoms with Crippen LogP contribution in [0, 0.1) is 6.92 Å². The van der Waals surface area contributed by atoms with Crippen molar-refractivity contribution in [2.45, 2.75) is 17.8 Å². The normalized spacial score (nSPS) is 11.3. The lowest BCUT2D eigenvalue weighted by atomic mass is 10.2. The second-order valence-corrected chi connectivity index (χ2v) is 6.90. The van der Waals surface area contributed by atoms with Crippen molar-refractivity contribution in [1.82, 2.24) is 24.3 Å². The number of nitrogen functional groups attached to an aromatic ring is 1. The molecule has 26 heavy (non-hydrogen) atoms. The summed E-state index contributed by atoms with van der Waals surface area (Å²) < 4.78 is 8.08. The molecule has 4 rings (SSSR count). The molecule has 4 aromatic rings. The standard InChI is InChI=1S/C16H13ClN6O2S/c1-9-12(4-5-25-9)15-20-21-16(23(15)18)26-8-11-6-14(24)22-7-10(17)2-3-13(22)19-11/h2-7H,8,18H2,1H3. The number of hydrogen-bond donors (Lipinski definition) is 1. The minimum atomic E-state index is -0.197. The lowest BCUT2D eigenvalue weighted by molar-refractivity contribution is 0.535. The Morgan fingerprint density at radius 2 is 2.15 bits per heavy atom. The van der Waals surface area contributed by atoms with E-state index in [1.54, 1.807) is 30.7 Å². The van der Waals surface area contributed by atoms with Crippen LogP contribution in [-0.4, -0.2) is 24.3 Å². The molecule has 0 fully saturated rings. The van der Waals surface area contributed by atoms with Crippen molar-refractivity contribution in [2.24, 2.45) is 0 Å². The Morgan fingerprint density at radius 3 is 2.92 bits per heavy atom. The molecule has 0 amide bonds. The molecule has 0 aliphatic carbocycles. The number of thioether (sulfide) groups is 1. The first-order valence-electron chi connectivity index (χ1n) is 7.58. The topological polar surface area (TPSA) is 104 Å². The van der Waals surface area contributed by atoms with E-state index in [4.69, 9.17) is 21.9 Å². The van der Waals surface area contributed by atoms with Gasteiger partial charge in [-0.15, -0.1) is 10.2 Å². The molecule has 0 aliphatic heterocycles. The van der Waals surface area contributed by atoms with Crippen molar-refractivity contribution in [2.75, 3.05) is 5.84 Å². The molecule has 2 N–H and O–H groups in total. The molecule has 0 aliphatic rings. The number of furan rings is 1. The number of nitrogens with zero attached hydrogens (tertiary/aromatic N) is 5. The first-order valence-corrected chi connectivity index (χ1v) is 8.95. The van der Waals surface area contributed by atoms with Gasteiger partial charge in [-0.3, -0.25) is 9.20 Å². The first kappa shape index (κ1) is 16.7. The number of halogens is 1. The molecule has 0 aromatic carbocycles. The maximum atomic E-state index is 12.2. The third-order valence-electron chi connectivity index (χ3n) is 3.79. The van der Waals surface area contributed by atoms with E-state index >= 15 is 0 Å². The second kappa shape index (κ2) is 6.50. The van der Waals surface area contributed by atoms with Gasteiger partial charge in [0.25, 0.3) is 5.56 Å². The average Bonchev–Trinajstić information content (AvgIpc) is 3.19. The summed E-state index contributed by atoms with van der Waals surface area (Å²) in [6, 6.07) is 6.64. The largest absolute Gasteiger partial charge is 0.469 e. The number of nitrogens with two attached hydrogens (primary N) is 1. The molecule has 0 radical (unpaired) electrons. The summed E-state index contributed by atoms with van der Waals surface area (Å²) in [7, 11) is 0. The molecular weight excluding hydrogens is 376 g/mol. The van der Waals surface area contributed by atoms with Gasteiger partial charge in [-0.2, -0.15) is 0 Å². The van der Waals surface area contributed by atoms with Crippen molar-refractivity contribution >= 4 is 29.0 Å². The van der Waals surface area contributed by atoms with Crippen molar-refractivity contribution < 1.29 is 4.42 Å². The fourth-order valence-corrected chi connectivity index (χ4v) is 3.42. The summed E-state index contributed by atoms with van der Waals surface area (Å²) >= 11 is 7.26. The molecule has 10 heteroatoms.